The van der Waals surface area contributed by atoms with Crippen LogP contribution in [0.2, 0.25) is 0 Å². The molecule has 0 spiro atoms. The lowest BCUT2D eigenvalue weighted by atomic mass is 9.91. The zero-order chi connectivity index (χ0) is 19.9. The van der Waals surface area contributed by atoms with Crippen molar-refractivity contribution in [3.8, 4) is 11.5 Å². The van der Waals surface area contributed by atoms with Crippen LogP contribution < -0.4 is 9.47 Å². The number of benzene rings is 3. The van der Waals surface area contributed by atoms with Crippen LogP contribution in [0.5, 0.6) is 11.5 Å². The molecular formula is C24H24O4. The predicted molar refractivity (Wildman–Crippen MR) is 109 cm³/mol. The van der Waals surface area contributed by atoms with Gasteiger partial charge < -0.3 is 14.2 Å². The van der Waals surface area contributed by atoms with E-state index in [1.165, 1.54) is 0 Å². The van der Waals surface area contributed by atoms with E-state index in [0.717, 1.165) is 22.3 Å². The second-order valence-corrected chi connectivity index (χ2v) is 6.50. The summed E-state index contributed by atoms with van der Waals surface area (Å²) >= 11 is 0. The van der Waals surface area contributed by atoms with Gasteiger partial charge in [-0.15, -0.1) is 0 Å². The van der Waals surface area contributed by atoms with Crippen LogP contribution >= 0.6 is 0 Å². The summed E-state index contributed by atoms with van der Waals surface area (Å²) in [5.74, 6) is 0.512. The lowest BCUT2D eigenvalue weighted by Crippen LogP contribution is -2.17. The quantitative estimate of drug-likeness (QED) is 0.551. The maximum atomic E-state index is 13.0. The lowest BCUT2D eigenvalue weighted by molar-refractivity contribution is -0.145. The molecule has 0 aliphatic heterocycles. The zero-order valence-electron chi connectivity index (χ0n) is 16.3. The summed E-state index contributed by atoms with van der Waals surface area (Å²) in [6, 6.07) is 23.1. The van der Waals surface area contributed by atoms with E-state index in [0.29, 0.717) is 11.5 Å². The number of carbonyl (C=O) groups is 1. The van der Waals surface area contributed by atoms with Crippen LogP contribution in [0.1, 0.15) is 28.2 Å². The monoisotopic (exact) mass is 376 g/mol. The van der Waals surface area contributed by atoms with Gasteiger partial charge >= 0.3 is 5.97 Å². The minimum Gasteiger partial charge on any atom is -0.493 e. The Morgan fingerprint density at radius 3 is 1.82 bits per heavy atom. The Kier molecular flexibility index (Phi) is 6.33. The van der Waals surface area contributed by atoms with Gasteiger partial charge in [0.05, 0.1) is 14.2 Å². The third-order valence-corrected chi connectivity index (χ3v) is 4.71. The molecule has 0 unspecified atom stereocenters. The molecule has 0 N–H and O–H groups in total. The Morgan fingerprint density at radius 1 is 0.821 bits per heavy atom. The van der Waals surface area contributed by atoms with Crippen molar-refractivity contribution < 1.29 is 19.0 Å². The molecule has 0 saturated heterocycles. The molecular weight excluding hydrogens is 352 g/mol. The molecule has 3 aromatic carbocycles. The van der Waals surface area contributed by atoms with Crippen molar-refractivity contribution in [3.05, 3.63) is 95.1 Å². The van der Waals surface area contributed by atoms with Gasteiger partial charge in [0.2, 0.25) is 0 Å². The Balaban J connectivity index is 1.84. The summed E-state index contributed by atoms with van der Waals surface area (Å²) in [5, 5.41) is 0. The summed E-state index contributed by atoms with van der Waals surface area (Å²) < 4.78 is 16.4. The maximum absolute atomic E-state index is 13.0. The van der Waals surface area contributed by atoms with Gasteiger partial charge in [0, 0.05) is 0 Å². The Bertz CT molecular complexity index is 881. The normalized spacial score (nSPS) is 10.6. The van der Waals surface area contributed by atoms with Crippen LogP contribution in [0.4, 0.5) is 0 Å². The largest absolute Gasteiger partial charge is 0.493 e. The van der Waals surface area contributed by atoms with Crippen LogP contribution in [-0.2, 0) is 16.1 Å². The van der Waals surface area contributed by atoms with Crippen LogP contribution in [0.15, 0.2) is 72.8 Å². The standard InChI is InChI=1S/C24H24O4/c1-17-14-21(26-2)22(27-3)15-20(17)16-28-24(25)23(18-10-6-4-7-11-18)19-12-8-5-9-13-19/h4-15,23H,16H2,1-3H3. The zero-order valence-corrected chi connectivity index (χ0v) is 16.3. The van der Waals surface area contributed by atoms with E-state index in [1.54, 1.807) is 14.2 Å². The van der Waals surface area contributed by atoms with Gasteiger partial charge in [-0.25, -0.2) is 0 Å². The molecule has 0 saturated carbocycles. The third-order valence-electron chi connectivity index (χ3n) is 4.71. The molecule has 0 heterocycles. The summed E-state index contributed by atoms with van der Waals surface area (Å²) in [5.41, 5.74) is 3.66. The average Bonchev–Trinajstić information content (AvgIpc) is 2.74. The van der Waals surface area contributed by atoms with Crippen molar-refractivity contribution in [3.63, 3.8) is 0 Å². The highest BCUT2D eigenvalue weighted by Crippen LogP contribution is 2.31. The minimum atomic E-state index is -0.470. The maximum Gasteiger partial charge on any atom is 0.318 e. The first-order valence-electron chi connectivity index (χ1n) is 9.12. The van der Waals surface area contributed by atoms with Gasteiger partial charge in [0.1, 0.15) is 12.5 Å². The number of methoxy groups -OCH3 is 2. The fraction of sp³-hybridized carbons (Fsp3) is 0.208. The summed E-state index contributed by atoms with van der Waals surface area (Å²) in [7, 11) is 3.19. The smallest absolute Gasteiger partial charge is 0.318 e. The molecule has 0 atom stereocenters. The molecule has 144 valence electrons. The highest BCUT2D eigenvalue weighted by Gasteiger charge is 2.24. The molecule has 0 aliphatic carbocycles. The van der Waals surface area contributed by atoms with E-state index in [-0.39, 0.29) is 12.6 Å². The van der Waals surface area contributed by atoms with Crippen molar-refractivity contribution in [1.82, 2.24) is 0 Å². The molecule has 0 fully saturated rings. The Labute approximate surface area is 165 Å². The van der Waals surface area contributed by atoms with Crippen molar-refractivity contribution in [2.75, 3.05) is 14.2 Å². The minimum absolute atomic E-state index is 0.168. The molecule has 4 heteroatoms. The van der Waals surface area contributed by atoms with Crippen LogP contribution in [-0.4, -0.2) is 20.2 Å². The molecule has 3 aromatic rings. The number of hydrogen-bond acceptors (Lipinski definition) is 4. The number of ether oxygens (including phenoxy) is 3. The fourth-order valence-corrected chi connectivity index (χ4v) is 3.17. The van der Waals surface area contributed by atoms with Crippen LogP contribution in [0, 0.1) is 6.92 Å². The third kappa shape index (κ3) is 4.34. The van der Waals surface area contributed by atoms with E-state index in [1.807, 2.05) is 79.7 Å². The van der Waals surface area contributed by atoms with Gasteiger partial charge in [0.15, 0.2) is 11.5 Å². The van der Waals surface area contributed by atoms with Crippen LogP contribution in [0.25, 0.3) is 0 Å². The van der Waals surface area contributed by atoms with Gasteiger partial charge in [-0.05, 0) is 41.3 Å². The second kappa shape index (κ2) is 9.09. The van der Waals surface area contributed by atoms with Crippen LogP contribution in [0.3, 0.4) is 0 Å². The first-order chi connectivity index (χ1) is 13.6. The van der Waals surface area contributed by atoms with Crippen molar-refractivity contribution in [1.29, 1.82) is 0 Å². The van der Waals surface area contributed by atoms with Gasteiger partial charge in [-0.3, -0.25) is 4.79 Å². The van der Waals surface area contributed by atoms with Crippen molar-refractivity contribution >= 4 is 5.97 Å². The lowest BCUT2D eigenvalue weighted by Gasteiger charge is -2.18. The molecule has 28 heavy (non-hydrogen) atoms. The highest BCUT2D eigenvalue weighted by atomic mass is 16.5. The number of hydrogen-bond donors (Lipinski definition) is 0. The van der Waals surface area contributed by atoms with E-state index < -0.39 is 5.92 Å². The molecule has 4 nitrogen and oxygen atoms in total. The van der Waals surface area contributed by atoms with E-state index in [4.69, 9.17) is 14.2 Å². The highest BCUT2D eigenvalue weighted by molar-refractivity contribution is 5.82. The van der Waals surface area contributed by atoms with Crippen molar-refractivity contribution in [2.45, 2.75) is 19.4 Å². The first kappa shape index (κ1) is 19.5. The topological polar surface area (TPSA) is 44.8 Å². The van der Waals surface area contributed by atoms with Gasteiger partial charge in [-0.2, -0.15) is 0 Å². The number of rotatable bonds is 7. The molecule has 0 aliphatic rings. The summed E-state index contributed by atoms with van der Waals surface area (Å²) in [4.78, 5) is 13.0. The molecule has 0 radical (unpaired) electrons. The first-order valence-corrected chi connectivity index (χ1v) is 9.12. The van der Waals surface area contributed by atoms with E-state index in [2.05, 4.69) is 0 Å². The van der Waals surface area contributed by atoms with E-state index >= 15 is 0 Å². The Hall–Kier alpha value is -3.27. The molecule has 0 amide bonds. The van der Waals surface area contributed by atoms with Gasteiger partial charge in [0.25, 0.3) is 0 Å². The molecule has 0 bridgehead atoms. The molecule has 3 rings (SSSR count). The number of aryl methyl sites for hydroxylation is 1. The SMILES string of the molecule is COc1cc(C)c(COC(=O)C(c2ccccc2)c2ccccc2)cc1OC. The number of esters is 1. The predicted octanol–water partition coefficient (Wildman–Crippen LogP) is 4.89. The van der Waals surface area contributed by atoms with Gasteiger partial charge in [-0.1, -0.05) is 60.7 Å². The fourth-order valence-electron chi connectivity index (χ4n) is 3.17. The second-order valence-electron chi connectivity index (χ2n) is 6.50. The average molecular weight is 376 g/mol. The summed E-state index contributed by atoms with van der Waals surface area (Å²) in [6.45, 7) is 2.12. The Morgan fingerprint density at radius 2 is 1.32 bits per heavy atom. The van der Waals surface area contributed by atoms with E-state index in [9.17, 15) is 4.79 Å². The number of carbonyl (C=O) groups excluding carboxylic acids is 1. The summed E-state index contributed by atoms with van der Waals surface area (Å²) in [6.07, 6.45) is 0. The molecule has 0 aromatic heterocycles. The van der Waals surface area contributed by atoms with Crippen molar-refractivity contribution in [2.24, 2.45) is 0 Å².